The van der Waals surface area contributed by atoms with Gasteiger partial charge in [0.1, 0.15) is 11.2 Å². The van der Waals surface area contributed by atoms with Gasteiger partial charge in [-0.3, -0.25) is 4.79 Å². The molecule has 1 aromatic carbocycles. The zero-order chi connectivity index (χ0) is 15.9. The number of amides is 1. The topological polar surface area (TPSA) is 77.2 Å². The maximum Gasteiger partial charge on any atom is 0.240 e. The number of carbonyl (C=O) groups is 1. The average molecular weight is 317 g/mol. The van der Waals surface area contributed by atoms with Gasteiger partial charge in [0, 0.05) is 12.3 Å². The van der Waals surface area contributed by atoms with Crippen molar-refractivity contribution in [2.24, 2.45) is 0 Å². The maximum atomic E-state index is 12.9. The van der Waals surface area contributed by atoms with Crippen molar-refractivity contribution >= 4 is 11.6 Å². The molecule has 120 valence electrons. The van der Waals surface area contributed by atoms with E-state index < -0.39 is 5.41 Å². The van der Waals surface area contributed by atoms with Crippen LogP contribution in [0.3, 0.4) is 0 Å². The Hall–Kier alpha value is -2.28. The predicted octanol–water partition coefficient (Wildman–Crippen LogP) is 2.38. The minimum Gasteiger partial charge on any atom is -0.424 e. The molecule has 1 aromatic heterocycles. The summed E-state index contributed by atoms with van der Waals surface area (Å²) < 4.78 is 24.0. The van der Waals surface area contributed by atoms with Crippen molar-refractivity contribution in [3.8, 4) is 0 Å². The van der Waals surface area contributed by atoms with Crippen molar-refractivity contribution in [1.29, 1.82) is 0 Å². The highest BCUT2D eigenvalue weighted by Gasteiger charge is 2.56. The Kier molecular flexibility index (Phi) is 3.37. The van der Waals surface area contributed by atoms with E-state index in [1.165, 1.54) is 24.3 Å². The Balaban J connectivity index is 1.51. The molecule has 4 rings (SSSR count). The van der Waals surface area contributed by atoms with Crippen LogP contribution in [0, 0.1) is 5.82 Å². The minimum absolute atomic E-state index is 0.118. The number of carbonyl (C=O) groups excluding carboxylic acids is 1. The van der Waals surface area contributed by atoms with E-state index in [4.69, 9.17) is 9.15 Å². The van der Waals surface area contributed by atoms with E-state index in [1.54, 1.807) is 0 Å². The molecule has 7 heteroatoms. The van der Waals surface area contributed by atoms with E-state index in [0.717, 1.165) is 6.42 Å². The fourth-order valence-corrected chi connectivity index (χ4v) is 2.77. The minimum atomic E-state index is -0.751. The van der Waals surface area contributed by atoms with Crippen LogP contribution < -0.4 is 5.32 Å². The third-order valence-electron chi connectivity index (χ3n) is 4.42. The van der Waals surface area contributed by atoms with Gasteiger partial charge in [-0.05, 0) is 43.5 Å². The first-order chi connectivity index (χ1) is 11.2. The predicted molar refractivity (Wildman–Crippen MR) is 78.4 cm³/mol. The molecule has 1 aliphatic carbocycles. The number of anilines is 1. The normalized spacial score (nSPS) is 22.0. The number of halogens is 1. The summed E-state index contributed by atoms with van der Waals surface area (Å²) in [6.45, 7) is 1.27. The molecule has 2 aromatic rings. The van der Waals surface area contributed by atoms with Crippen molar-refractivity contribution in [2.75, 3.05) is 18.5 Å². The molecule has 1 atom stereocenters. The van der Waals surface area contributed by atoms with E-state index >= 15 is 0 Å². The second-order valence-electron chi connectivity index (χ2n) is 6.05. The Morgan fingerprint density at radius 2 is 2.04 bits per heavy atom. The molecule has 1 saturated carbocycles. The SMILES string of the molecule is O=C(Nc1ccc(F)cc1)C1(c2nnc(C3CCOC3)o2)CC1. The number of hydrogen-bond acceptors (Lipinski definition) is 5. The summed E-state index contributed by atoms with van der Waals surface area (Å²) in [5.41, 5.74) is -0.203. The highest BCUT2D eigenvalue weighted by Crippen LogP contribution is 2.48. The van der Waals surface area contributed by atoms with Crippen molar-refractivity contribution in [1.82, 2.24) is 10.2 Å². The maximum absolute atomic E-state index is 12.9. The summed E-state index contributed by atoms with van der Waals surface area (Å²) in [7, 11) is 0. The lowest BCUT2D eigenvalue weighted by Crippen LogP contribution is -2.28. The van der Waals surface area contributed by atoms with E-state index in [1.807, 2.05) is 0 Å². The van der Waals surface area contributed by atoms with Crippen LogP contribution >= 0.6 is 0 Å². The molecule has 23 heavy (non-hydrogen) atoms. The molecular formula is C16H16FN3O3. The fraction of sp³-hybridized carbons (Fsp3) is 0.438. The standard InChI is InChI=1S/C16H16FN3O3/c17-11-1-3-12(4-2-11)18-14(21)16(6-7-16)15-20-19-13(23-15)10-5-8-22-9-10/h1-4,10H,5-9H2,(H,18,21). The molecule has 2 heterocycles. The molecule has 1 N–H and O–H groups in total. The number of aromatic nitrogens is 2. The zero-order valence-electron chi connectivity index (χ0n) is 12.4. The Bertz CT molecular complexity index is 718. The molecule has 1 aliphatic heterocycles. The van der Waals surface area contributed by atoms with Gasteiger partial charge in [-0.25, -0.2) is 4.39 Å². The van der Waals surface area contributed by atoms with Crippen molar-refractivity contribution in [3.63, 3.8) is 0 Å². The lowest BCUT2D eigenvalue weighted by Gasteiger charge is -2.11. The molecule has 1 saturated heterocycles. The van der Waals surface area contributed by atoms with Crippen LogP contribution in [0.1, 0.15) is 37.0 Å². The molecule has 2 fully saturated rings. The Morgan fingerprint density at radius 3 is 2.70 bits per heavy atom. The van der Waals surface area contributed by atoms with Gasteiger partial charge in [0.05, 0.1) is 12.5 Å². The molecular weight excluding hydrogens is 301 g/mol. The van der Waals surface area contributed by atoms with E-state index in [-0.39, 0.29) is 17.6 Å². The Labute approximate surface area is 132 Å². The summed E-state index contributed by atoms with van der Waals surface area (Å²) in [5, 5.41) is 10.9. The average Bonchev–Trinajstić information content (AvgIpc) is 2.99. The van der Waals surface area contributed by atoms with Gasteiger partial charge in [0.25, 0.3) is 0 Å². The lowest BCUT2D eigenvalue weighted by molar-refractivity contribution is -0.119. The number of rotatable bonds is 4. The summed E-state index contributed by atoms with van der Waals surface area (Å²) in [4.78, 5) is 12.6. The van der Waals surface area contributed by atoms with Gasteiger partial charge in [-0.1, -0.05) is 0 Å². The lowest BCUT2D eigenvalue weighted by atomic mass is 10.1. The van der Waals surface area contributed by atoms with Crippen LogP contribution in [0.25, 0.3) is 0 Å². The molecule has 6 nitrogen and oxygen atoms in total. The molecule has 2 aliphatic rings. The van der Waals surface area contributed by atoms with Crippen LogP contribution in [-0.4, -0.2) is 29.3 Å². The number of ether oxygens (including phenoxy) is 1. The number of benzene rings is 1. The van der Waals surface area contributed by atoms with E-state index in [9.17, 15) is 9.18 Å². The quantitative estimate of drug-likeness (QED) is 0.937. The monoisotopic (exact) mass is 317 g/mol. The molecule has 0 radical (unpaired) electrons. The van der Waals surface area contributed by atoms with Crippen LogP contribution in [0.15, 0.2) is 28.7 Å². The third kappa shape index (κ3) is 2.61. The van der Waals surface area contributed by atoms with Gasteiger partial charge in [-0.2, -0.15) is 0 Å². The van der Waals surface area contributed by atoms with E-state index in [0.29, 0.717) is 43.5 Å². The van der Waals surface area contributed by atoms with Crippen molar-refractivity contribution < 1.29 is 18.3 Å². The van der Waals surface area contributed by atoms with Crippen LogP contribution in [0.2, 0.25) is 0 Å². The second kappa shape index (κ2) is 5.42. The van der Waals surface area contributed by atoms with Gasteiger partial charge in [0.15, 0.2) is 0 Å². The summed E-state index contributed by atoms with van der Waals surface area (Å²) in [6, 6.07) is 5.66. The first kappa shape index (κ1) is 14.3. The van der Waals surface area contributed by atoms with Crippen molar-refractivity contribution in [2.45, 2.75) is 30.6 Å². The van der Waals surface area contributed by atoms with Crippen LogP contribution in [0.4, 0.5) is 10.1 Å². The van der Waals surface area contributed by atoms with Crippen LogP contribution in [0.5, 0.6) is 0 Å². The van der Waals surface area contributed by atoms with E-state index in [2.05, 4.69) is 15.5 Å². The molecule has 0 spiro atoms. The number of nitrogens with zero attached hydrogens (tertiary/aromatic N) is 2. The first-order valence-electron chi connectivity index (χ1n) is 7.66. The van der Waals surface area contributed by atoms with Crippen LogP contribution in [-0.2, 0) is 14.9 Å². The smallest absolute Gasteiger partial charge is 0.240 e. The summed E-state index contributed by atoms with van der Waals surface area (Å²) >= 11 is 0. The molecule has 0 bridgehead atoms. The third-order valence-corrected chi connectivity index (χ3v) is 4.42. The molecule has 1 unspecified atom stereocenters. The summed E-state index contributed by atoms with van der Waals surface area (Å²) in [6.07, 6.45) is 2.20. The zero-order valence-corrected chi connectivity index (χ0v) is 12.4. The number of nitrogens with one attached hydrogen (secondary N) is 1. The van der Waals surface area contributed by atoms with Gasteiger partial charge in [-0.15, -0.1) is 10.2 Å². The van der Waals surface area contributed by atoms with Gasteiger partial charge in [0.2, 0.25) is 17.7 Å². The first-order valence-corrected chi connectivity index (χ1v) is 7.66. The molecule has 1 amide bonds. The highest BCUT2D eigenvalue weighted by atomic mass is 19.1. The van der Waals surface area contributed by atoms with Gasteiger partial charge >= 0.3 is 0 Å². The Morgan fingerprint density at radius 1 is 1.26 bits per heavy atom. The largest absolute Gasteiger partial charge is 0.424 e. The number of hydrogen-bond donors (Lipinski definition) is 1. The van der Waals surface area contributed by atoms with Crippen molar-refractivity contribution in [3.05, 3.63) is 41.9 Å². The van der Waals surface area contributed by atoms with Gasteiger partial charge < -0.3 is 14.5 Å². The summed E-state index contributed by atoms with van der Waals surface area (Å²) in [5.74, 6) is 0.482. The highest BCUT2D eigenvalue weighted by molar-refractivity contribution is 6.00. The second-order valence-corrected chi connectivity index (χ2v) is 6.05. The fourth-order valence-electron chi connectivity index (χ4n) is 2.77.